The number of carbonyl (C=O) groups is 1. The molecule has 1 atom stereocenters. The van der Waals surface area contributed by atoms with Gasteiger partial charge < -0.3 is 10.6 Å². The second-order valence-corrected chi connectivity index (χ2v) is 5.43. The van der Waals surface area contributed by atoms with Crippen LogP contribution in [-0.4, -0.2) is 28.4 Å². The Balaban J connectivity index is 2.31. The third-order valence-electron chi connectivity index (χ3n) is 3.27. The highest BCUT2D eigenvalue weighted by atomic mass is 35.5. The molecule has 0 bridgehead atoms. The van der Waals surface area contributed by atoms with E-state index >= 15 is 0 Å². The maximum absolute atomic E-state index is 12.5. The third kappa shape index (κ3) is 2.49. The predicted octanol–water partition coefficient (Wildman–Crippen LogP) is 2.54. The van der Waals surface area contributed by atoms with Gasteiger partial charge in [0.1, 0.15) is 0 Å². The Morgan fingerprint density at radius 1 is 1.56 bits per heavy atom. The first kappa shape index (κ1) is 13.3. The largest absolute Gasteiger partial charge is 0.392 e. The average Bonchev–Trinajstić information content (AvgIpc) is 2.80. The lowest BCUT2D eigenvalue weighted by Gasteiger charge is -2.24. The van der Waals surface area contributed by atoms with E-state index in [-0.39, 0.29) is 11.9 Å². The Labute approximate surface area is 117 Å². The van der Waals surface area contributed by atoms with E-state index in [2.05, 4.69) is 0 Å². The minimum atomic E-state index is -0.120. The smallest absolute Gasteiger partial charge is 0.254 e. The zero-order valence-corrected chi connectivity index (χ0v) is 11.7. The number of aryl methyl sites for hydroxylation is 1. The molecular weight excluding hydrogens is 268 g/mol. The molecule has 1 unspecified atom stereocenters. The van der Waals surface area contributed by atoms with Crippen LogP contribution in [0.4, 0.5) is 0 Å². The molecule has 0 aromatic heterocycles. The van der Waals surface area contributed by atoms with Gasteiger partial charge in [-0.15, -0.1) is 0 Å². The van der Waals surface area contributed by atoms with Crippen molar-refractivity contribution in [3.8, 4) is 0 Å². The van der Waals surface area contributed by atoms with E-state index in [9.17, 15) is 4.79 Å². The zero-order chi connectivity index (χ0) is 13.3. The van der Waals surface area contributed by atoms with Gasteiger partial charge in [-0.2, -0.15) is 0 Å². The number of hydrogen-bond acceptors (Lipinski definition) is 2. The fraction of sp³-hybridized carbons (Fsp3) is 0.385. The molecule has 1 fully saturated rings. The van der Waals surface area contributed by atoms with Crippen LogP contribution in [0.15, 0.2) is 18.2 Å². The number of nitrogens with two attached hydrogens (primary N) is 1. The quantitative estimate of drug-likeness (QED) is 0.848. The van der Waals surface area contributed by atoms with Gasteiger partial charge in [-0.05, 0) is 37.5 Å². The van der Waals surface area contributed by atoms with Gasteiger partial charge in [-0.25, -0.2) is 0 Å². The Kier molecular flexibility index (Phi) is 3.88. The summed E-state index contributed by atoms with van der Waals surface area (Å²) in [5, 5.41) is 0.565. The molecule has 1 heterocycles. The summed E-state index contributed by atoms with van der Waals surface area (Å²) in [5.41, 5.74) is 7.23. The van der Waals surface area contributed by atoms with E-state index in [0.717, 1.165) is 18.4 Å². The molecule has 1 saturated heterocycles. The highest BCUT2D eigenvalue weighted by Crippen LogP contribution is 2.23. The van der Waals surface area contributed by atoms with Gasteiger partial charge in [0.25, 0.3) is 5.91 Å². The Morgan fingerprint density at radius 3 is 2.94 bits per heavy atom. The van der Waals surface area contributed by atoms with Crippen molar-refractivity contribution in [3.63, 3.8) is 0 Å². The summed E-state index contributed by atoms with van der Waals surface area (Å²) in [6.45, 7) is 2.60. The molecular formula is C13H15ClN2OS. The van der Waals surface area contributed by atoms with Crippen LogP contribution in [0.25, 0.3) is 0 Å². The molecule has 1 aromatic rings. The maximum Gasteiger partial charge on any atom is 0.254 e. The minimum Gasteiger partial charge on any atom is -0.392 e. The van der Waals surface area contributed by atoms with Gasteiger partial charge in [0.2, 0.25) is 0 Å². The highest BCUT2D eigenvalue weighted by Gasteiger charge is 2.31. The molecule has 3 nitrogen and oxygen atoms in total. The number of rotatable bonds is 2. The molecule has 96 valence electrons. The van der Waals surface area contributed by atoms with Crippen molar-refractivity contribution in [2.24, 2.45) is 5.73 Å². The molecule has 18 heavy (non-hydrogen) atoms. The lowest BCUT2D eigenvalue weighted by Crippen LogP contribution is -2.43. The van der Waals surface area contributed by atoms with Gasteiger partial charge in [0, 0.05) is 17.1 Å². The second kappa shape index (κ2) is 5.24. The summed E-state index contributed by atoms with van der Waals surface area (Å²) >= 11 is 11.0. The van der Waals surface area contributed by atoms with Crippen LogP contribution in [0, 0.1) is 6.92 Å². The molecule has 2 rings (SSSR count). The van der Waals surface area contributed by atoms with Crippen molar-refractivity contribution in [2.75, 3.05) is 6.54 Å². The molecule has 0 saturated carbocycles. The number of hydrogen-bond donors (Lipinski definition) is 1. The van der Waals surface area contributed by atoms with E-state index in [1.54, 1.807) is 17.0 Å². The predicted molar refractivity (Wildman–Crippen MR) is 77.0 cm³/mol. The van der Waals surface area contributed by atoms with Crippen LogP contribution in [0.3, 0.4) is 0 Å². The van der Waals surface area contributed by atoms with Gasteiger partial charge in [0.15, 0.2) is 0 Å². The van der Waals surface area contributed by atoms with Crippen LogP contribution in [0.1, 0.15) is 28.8 Å². The summed E-state index contributed by atoms with van der Waals surface area (Å²) < 4.78 is 0. The number of nitrogens with zero attached hydrogens (tertiary/aromatic N) is 1. The molecule has 0 aliphatic carbocycles. The maximum atomic E-state index is 12.5. The summed E-state index contributed by atoms with van der Waals surface area (Å²) in [7, 11) is 0. The molecule has 1 aliphatic rings. The summed E-state index contributed by atoms with van der Waals surface area (Å²) in [5.74, 6) is -0.0368. The Hall–Kier alpha value is -1.13. The molecule has 2 N–H and O–H groups in total. The summed E-state index contributed by atoms with van der Waals surface area (Å²) in [6, 6.07) is 5.21. The van der Waals surface area contributed by atoms with E-state index in [0.29, 0.717) is 22.1 Å². The number of carbonyl (C=O) groups excluding carboxylic acids is 1. The number of halogens is 1. The molecule has 5 heteroatoms. The van der Waals surface area contributed by atoms with Crippen molar-refractivity contribution in [3.05, 3.63) is 34.3 Å². The van der Waals surface area contributed by atoms with Gasteiger partial charge in [-0.1, -0.05) is 29.9 Å². The van der Waals surface area contributed by atoms with Crippen molar-refractivity contribution in [2.45, 2.75) is 25.8 Å². The first-order valence-corrected chi connectivity index (χ1v) is 6.66. The summed E-state index contributed by atoms with van der Waals surface area (Å²) in [6.07, 6.45) is 1.79. The number of thiocarbonyl (C=S) groups is 1. The summed E-state index contributed by atoms with van der Waals surface area (Å²) in [4.78, 5) is 14.6. The van der Waals surface area contributed by atoms with Crippen molar-refractivity contribution in [1.82, 2.24) is 4.90 Å². The van der Waals surface area contributed by atoms with E-state index in [1.165, 1.54) is 0 Å². The van der Waals surface area contributed by atoms with Crippen LogP contribution in [0.2, 0.25) is 5.02 Å². The van der Waals surface area contributed by atoms with Crippen molar-refractivity contribution in [1.29, 1.82) is 0 Å². The zero-order valence-electron chi connectivity index (χ0n) is 10.1. The topological polar surface area (TPSA) is 46.3 Å². The average molecular weight is 283 g/mol. The highest BCUT2D eigenvalue weighted by molar-refractivity contribution is 7.80. The molecule has 0 spiro atoms. The van der Waals surface area contributed by atoms with Crippen LogP contribution < -0.4 is 5.73 Å². The van der Waals surface area contributed by atoms with Crippen LogP contribution >= 0.6 is 23.8 Å². The fourth-order valence-corrected chi connectivity index (χ4v) is 2.70. The normalized spacial score (nSPS) is 19.0. The number of likely N-dealkylation sites (tertiary alicyclic amines) is 1. The Bertz CT molecular complexity index is 504. The molecule has 1 aromatic carbocycles. The first-order chi connectivity index (χ1) is 8.50. The molecule has 0 radical (unpaired) electrons. The van der Waals surface area contributed by atoms with Crippen molar-refractivity contribution < 1.29 is 4.79 Å². The SMILES string of the molecule is Cc1ccc(Cl)cc1C(=O)N1CCCC1C(N)=S. The van der Waals surface area contributed by atoms with E-state index in [4.69, 9.17) is 29.6 Å². The third-order valence-corrected chi connectivity index (χ3v) is 3.78. The van der Waals surface area contributed by atoms with Crippen LogP contribution in [-0.2, 0) is 0 Å². The lowest BCUT2D eigenvalue weighted by molar-refractivity contribution is 0.0769. The molecule has 1 amide bonds. The molecule has 1 aliphatic heterocycles. The lowest BCUT2D eigenvalue weighted by atomic mass is 10.1. The Morgan fingerprint density at radius 2 is 2.28 bits per heavy atom. The van der Waals surface area contributed by atoms with Crippen molar-refractivity contribution >= 4 is 34.7 Å². The minimum absolute atomic E-state index is 0.0368. The number of amides is 1. The standard InChI is InChI=1S/C13H15ClN2OS/c1-8-4-5-9(14)7-10(8)13(17)16-6-2-3-11(16)12(15)18/h4-5,7,11H,2-3,6H2,1H3,(H2,15,18). The van der Waals surface area contributed by atoms with Gasteiger partial charge in [0.05, 0.1) is 11.0 Å². The van der Waals surface area contributed by atoms with E-state index in [1.807, 2.05) is 13.0 Å². The van der Waals surface area contributed by atoms with Gasteiger partial charge >= 0.3 is 0 Å². The first-order valence-electron chi connectivity index (χ1n) is 5.87. The van der Waals surface area contributed by atoms with Crippen LogP contribution in [0.5, 0.6) is 0 Å². The van der Waals surface area contributed by atoms with Gasteiger partial charge in [-0.3, -0.25) is 4.79 Å². The fourth-order valence-electron chi connectivity index (χ4n) is 2.28. The second-order valence-electron chi connectivity index (χ2n) is 4.52. The van der Waals surface area contributed by atoms with E-state index < -0.39 is 0 Å². The number of benzene rings is 1. The monoisotopic (exact) mass is 282 g/mol.